The largest absolute Gasteiger partial charge is 0.343 e. The topological polar surface area (TPSA) is 21.7 Å². The zero-order chi connectivity index (χ0) is 14.7. The molecule has 0 radical (unpaired) electrons. The highest BCUT2D eigenvalue weighted by atomic mass is 19.1. The first-order chi connectivity index (χ1) is 10.2. The van der Waals surface area contributed by atoms with Crippen molar-refractivity contribution in [2.24, 2.45) is 5.92 Å². The summed E-state index contributed by atoms with van der Waals surface area (Å²) in [6.45, 7) is 3.58. The first-order valence-corrected chi connectivity index (χ1v) is 7.90. The van der Waals surface area contributed by atoms with E-state index in [0.717, 1.165) is 24.3 Å². The van der Waals surface area contributed by atoms with Gasteiger partial charge in [-0.1, -0.05) is 12.1 Å². The van der Waals surface area contributed by atoms with Gasteiger partial charge in [-0.3, -0.25) is 0 Å². The standard InChI is InChI=1S/C17H24FNO2/c1-19-10-7-14(8-11-19)6-9-17(20-12-13-21-17)15-2-4-16(18)5-3-15/h2-5,14H,6-13H2,1H3. The van der Waals surface area contributed by atoms with Crippen molar-refractivity contribution in [3.63, 3.8) is 0 Å². The van der Waals surface area contributed by atoms with Crippen LogP contribution in [-0.2, 0) is 15.3 Å². The molecule has 0 atom stereocenters. The summed E-state index contributed by atoms with van der Waals surface area (Å²) in [4.78, 5) is 2.38. The molecule has 116 valence electrons. The molecular weight excluding hydrogens is 269 g/mol. The second kappa shape index (κ2) is 6.42. The van der Waals surface area contributed by atoms with Gasteiger partial charge in [-0.25, -0.2) is 4.39 Å². The van der Waals surface area contributed by atoms with E-state index in [1.54, 1.807) is 12.1 Å². The van der Waals surface area contributed by atoms with E-state index in [-0.39, 0.29) is 5.82 Å². The van der Waals surface area contributed by atoms with Crippen molar-refractivity contribution >= 4 is 0 Å². The Hall–Kier alpha value is -0.970. The second-order valence-electron chi connectivity index (χ2n) is 6.24. The Labute approximate surface area is 126 Å². The van der Waals surface area contributed by atoms with E-state index >= 15 is 0 Å². The van der Waals surface area contributed by atoms with Gasteiger partial charge in [0.2, 0.25) is 0 Å². The first kappa shape index (κ1) is 14.9. The van der Waals surface area contributed by atoms with E-state index < -0.39 is 5.79 Å². The van der Waals surface area contributed by atoms with Gasteiger partial charge >= 0.3 is 0 Å². The van der Waals surface area contributed by atoms with E-state index in [4.69, 9.17) is 9.47 Å². The molecule has 2 heterocycles. The number of rotatable bonds is 4. The molecule has 3 rings (SSSR count). The fourth-order valence-electron chi connectivity index (χ4n) is 3.36. The number of benzene rings is 1. The molecule has 2 fully saturated rings. The Morgan fingerprint density at radius 3 is 2.38 bits per heavy atom. The van der Waals surface area contributed by atoms with Crippen molar-refractivity contribution in [3.8, 4) is 0 Å². The zero-order valence-corrected chi connectivity index (χ0v) is 12.7. The minimum absolute atomic E-state index is 0.220. The molecule has 1 aromatic rings. The maximum atomic E-state index is 13.1. The lowest BCUT2D eigenvalue weighted by atomic mass is 9.88. The van der Waals surface area contributed by atoms with E-state index in [1.807, 2.05) is 0 Å². The average Bonchev–Trinajstić information content (AvgIpc) is 2.97. The summed E-state index contributed by atoms with van der Waals surface area (Å²) in [5, 5.41) is 0. The minimum Gasteiger partial charge on any atom is -0.343 e. The Bertz CT molecular complexity index is 448. The van der Waals surface area contributed by atoms with Crippen molar-refractivity contribution < 1.29 is 13.9 Å². The van der Waals surface area contributed by atoms with Crippen LogP contribution in [0.25, 0.3) is 0 Å². The molecule has 1 aromatic carbocycles. The lowest BCUT2D eigenvalue weighted by Gasteiger charge is -2.33. The van der Waals surface area contributed by atoms with Gasteiger partial charge in [0.15, 0.2) is 5.79 Å². The quantitative estimate of drug-likeness (QED) is 0.851. The third-order valence-electron chi connectivity index (χ3n) is 4.76. The first-order valence-electron chi connectivity index (χ1n) is 7.90. The van der Waals surface area contributed by atoms with Crippen molar-refractivity contribution in [2.75, 3.05) is 33.4 Å². The van der Waals surface area contributed by atoms with Crippen LogP contribution < -0.4 is 0 Å². The Morgan fingerprint density at radius 1 is 1.14 bits per heavy atom. The average molecular weight is 293 g/mol. The van der Waals surface area contributed by atoms with Crippen LogP contribution in [0, 0.1) is 11.7 Å². The summed E-state index contributed by atoms with van der Waals surface area (Å²) in [5.74, 6) is -0.134. The van der Waals surface area contributed by atoms with Crippen LogP contribution in [-0.4, -0.2) is 38.3 Å². The molecule has 0 aromatic heterocycles. The highest BCUT2D eigenvalue weighted by Gasteiger charge is 2.38. The smallest absolute Gasteiger partial charge is 0.194 e. The third-order valence-corrected chi connectivity index (χ3v) is 4.76. The van der Waals surface area contributed by atoms with Crippen LogP contribution >= 0.6 is 0 Å². The third kappa shape index (κ3) is 3.44. The number of piperidine rings is 1. The molecule has 0 N–H and O–H groups in total. The van der Waals surface area contributed by atoms with Gasteiger partial charge in [0.25, 0.3) is 0 Å². The van der Waals surface area contributed by atoms with Gasteiger partial charge in [-0.05, 0) is 57.5 Å². The number of halogens is 1. The van der Waals surface area contributed by atoms with E-state index in [0.29, 0.717) is 13.2 Å². The highest BCUT2D eigenvalue weighted by molar-refractivity contribution is 5.22. The van der Waals surface area contributed by atoms with E-state index in [2.05, 4.69) is 11.9 Å². The normalized spacial score (nSPS) is 23.5. The summed E-state index contributed by atoms with van der Waals surface area (Å²) in [6.07, 6.45) is 4.45. The van der Waals surface area contributed by atoms with Crippen LogP contribution in [0.4, 0.5) is 4.39 Å². The van der Waals surface area contributed by atoms with Gasteiger partial charge in [0.05, 0.1) is 13.2 Å². The molecule has 0 saturated carbocycles. The van der Waals surface area contributed by atoms with Crippen LogP contribution in [0.2, 0.25) is 0 Å². The predicted octanol–water partition coefficient (Wildman–Crippen LogP) is 3.15. The van der Waals surface area contributed by atoms with Gasteiger partial charge in [0, 0.05) is 12.0 Å². The molecule has 2 aliphatic rings. The molecule has 0 amide bonds. The minimum atomic E-state index is -0.656. The maximum absolute atomic E-state index is 13.1. The Balaban J connectivity index is 1.65. The van der Waals surface area contributed by atoms with Gasteiger partial charge in [0.1, 0.15) is 5.82 Å². The fourth-order valence-corrected chi connectivity index (χ4v) is 3.36. The summed E-state index contributed by atoms with van der Waals surface area (Å²) < 4.78 is 25.0. The van der Waals surface area contributed by atoms with Crippen LogP contribution in [0.5, 0.6) is 0 Å². The fraction of sp³-hybridized carbons (Fsp3) is 0.647. The molecule has 4 heteroatoms. The monoisotopic (exact) mass is 293 g/mol. The summed E-state index contributed by atoms with van der Waals surface area (Å²) in [5.41, 5.74) is 0.939. The molecule has 3 nitrogen and oxygen atoms in total. The molecule has 0 spiro atoms. The van der Waals surface area contributed by atoms with Crippen LogP contribution in [0.3, 0.4) is 0 Å². The summed E-state index contributed by atoms with van der Waals surface area (Å²) in [7, 11) is 2.18. The lowest BCUT2D eigenvalue weighted by molar-refractivity contribution is -0.173. The number of likely N-dealkylation sites (tertiary alicyclic amines) is 1. The number of nitrogens with zero attached hydrogens (tertiary/aromatic N) is 1. The van der Waals surface area contributed by atoms with Crippen LogP contribution in [0.1, 0.15) is 31.2 Å². The van der Waals surface area contributed by atoms with Crippen molar-refractivity contribution in [3.05, 3.63) is 35.6 Å². The molecule has 0 unspecified atom stereocenters. The van der Waals surface area contributed by atoms with Gasteiger partial charge in [-0.15, -0.1) is 0 Å². The lowest BCUT2D eigenvalue weighted by Crippen LogP contribution is -2.32. The van der Waals surface area contributed by atoms with Gasteiger partial charge in [-0.2, -0.15) is 0 Å². The summed E-state index contributed by atoms with van der Waals surface area (Å²) >= 11 is 0. The highest BCUT2D eigenvalue weighted by Crippen LogP contribution is 2.38. The van der Waals surface area contributed by atoms with Crippen molar-refractivity contribution in [1.82, 2.24) is 4.90 Å². The molecule has 2 aliphatic heterocycles. The summed E-state index contributed by atoms with van der Waals surface area (Å²) in [6, 6.07) is 6.54. The van der Waals surface area contributed by atoms with Crippen LogP contribution in [0.15, 0.2) is 24.3 Å². The Morgan fingerprint density at radius 2 is 1.76 bits per heavy atom. The zero-order valence-electron chi connectivity index (χ0n) is 12.7. The van der Waals surface area contributed by atoms with Crippen molar-refractivity contribution in [2.45, 2.75) is 31.5 Å². The predicted molar refractivity (Wildman–Crippen MR) is 79.4 cm³/mol. The molecule has 21 heavy (non-hydrogen) atoms. The maximum Gasteiger partial charge on any atom is 0.194 e. The molecule has 2 saturated heterocycles. The van der Waals surface area contributed by atoms with Gasteiger partial charge < -0.3 is 14.4 Å². The molecule has 0 aliphatic carbocycles. The number of hydrogen-bond acceptors (Lipinski definition) is 3. The molecule has 0 bridgehead atoms. The number of ether oxygens (including phenoxy) is 2. The Kier molecular flexibility index (Phi) is 4.57. The van der Waals surface area contributed by atoms with E-state index in [9.17, 15) is 4.39 Å². The number of hydrogen-bond donors (Lipinski definition) is 0. The molecular formula is C17H24FNO2. The second-order valence-corrected chi connectivity index (χ2v) is 6.24. The van der Waals surface area contributed by atoms with Crippen molar-refractivity contribution in [1.29, 1.82) is 0 Å². The van der Waals surface area contributed by atoms with E-state index in [1.165, 1.54) is 38.1 Å². The SMILES string of the molecule is CN1CCC(CCC2(c3ccc(F)cc3)OCCO2)CC1.